The average molecular weight is 517 g/mol. The van der Waals surface area contributed by atoms with Crippen LogP contribution in [0.4, 0.5) is 11.4 Å². The Morgan fingerprint density at radius 1 is 0.946 bits per heavy atom. The van der Waals surface area contributed by atoms with Gasteiger partial charge in [-0.1, -0.05) is 23.8 Å². The first-order valence-electron chi connectivity index (χ1n) is 12.8. The van der Waals surface area contributed by atoms with E-state index in [1.165, 1.54) is 4.90 Å². The van der Waals surface area contributed by atoms with Gasteiger partial charge in [0.25, 0.3) is 0 Å². The van der Waals surface area contributed by atoms with Crippen LogP contribution in [0.2, 0.25) is 5.02 Å². The Morgan fingerprint density at radius 2 is 1.59 bits per heavy atom. The predicted octanol–water partition coefficient (Wildman–Crippen LogP) is 4.16. The molecule has 2 saturated carbocycles. The van der Waals surface area contributed by atoms with E-state index in [1.54, 1.807) is 54.3 Å². The fraction of sp³-hybridized carbons (Fsp3) is 0.379. The number of nitrogens with zero attached hydrogens (tertiary/aromatic N) is 2. The number of hydrogen-bond donors (Lipinski definition) is 0. The monoisotopic (exact) mass is 516 g/mol. The minimum atomic E-state index is -0.595. The summed E-state index contributed by atoms with van der Waals surface area (Å²) in [5.74, 6) is -0.208. The van der Waals surface area contributed by atoms with Crippen LogP contribution in [0.25, 0.3) is 0 Å². The summed E-state index contributed by atoms with van der Waals surface area (Å²) < 4.78 is 5.62. The molecule has 6 aliphatic rings. The summed E-state index contributed by atoms with van der Waals surface area (Å²) in [5, 5.41) is 0.571. The predicted molar refractivity (Wildman–Crippen MR) is 136 cm³/mol. The lowest BCUT2D eigenvalue weighted by atomic mass is 9.63. The number of halogens is 1. The zero-order valence-electron chi connectivity index (χ0n) is 20.2. The molecule has 3 amide bonds. The molecule has 0 N–H and O–H groups in total. The van der Waals surface area contributed by atoms with Gasteiger partial charge in [0.2, 0.25) is 17.7 Å². The van der Waals surface area contributed by atoms with E-state index in [9.17, 15) is 19.2 Å². The number of aryl methyl sites for hydroxylation is 1. The van der Waals surface area contributed by atoms with Crippen molar-refractivity contribution in [2.24, 2.45) is 41.4 Å². The molecule has 7 nitrogen and oxygen atoms in total. The summed E-state index contributed by atoms with van der Waals surface area (Å²) in [6, 6.07) is 11.9. The first kappa shape index (κ1) is 22.7. The van der Waals surface area contributed by atoms with Gasteiger partial charge < -0.3 is 9.64 Å². The standard InChI is InChI=1S/C29H25ClN2O5/c1-14-10-18(37-29(36)15-11-24(33)31(13-15)17-4-2-16(30)3-5-17)6-9-23(14)32-27(34)25-19-7-8-20(22-12-21(19)22)26(25)28(32)35/h2-10,15,19-22,25-26H,11-13H2,1H3/t15-,19+,20+,21+,22+,25-,26-/m1/s1. The third-order valence-electron chi connectivity index (χ3n) is 8.89. The van der Waals surface area contributed by atoms with Crippen molar-refractivity contribution in [3.63, 3.8) is 0 Å². The molecule has 8 rings (SSSR count). The number of anilines is 2. The molecule has 0 radical (unpaired) electrons. The van der Waals surface area contributed by atoms with Crippen molar-refractivity contribution < 1.29 is 23.9 Å². The molecule has 2 aromatic rings. The highest BCUT2D eigenvalue weighted by atomic mass is 35.5. The van der Waals surface area contributed by atoms with Gasteiger partial charge in [-0.3, -0.25) is 19.2 Å². The Balaban J connectivity index is 1.06. The van der Waals surface area contributed by atoms with Gasteiger partial charge in [-0.2, -0.15) is 0 Å². The molecule has 4 aliphatic carbocycles. The van der Waals surface area contributed by atoms with E-state index in [-0.39, 0.29) is 54.4 Å². The third kappa shape index (κ3) is 3.40. The average Bonchev–Trinajstić information content (AvgIpc) is 3.56. The lowest BCUT2D eigenvalue weighted by molar-refractivity contribution is -0.139. The molecular weight excluding hydrogens is 492 g/mol. The number of carbonyl (C=O) groups excluding carboxylic acids is 4. The van der Waals surface area contributed by atoms with E-state index in [4.69, 9.17) is 16.3 Å². The zero-order valence-corrected chi connectivity index (χ0v) is 20.9. The Kier molecular flexibility index (Phi) is 4.93. The second-order valence-corrected chi connectivity index (χ2v) is 11.4. The second-order valence-electron chi connectivity index (χ2n) is 10.9. The third-order valence-corrected chi connectivity index (χ3v) is 9.14. The summed E-state index contributed by atoms with van der Waals surface area (Å²) >= 11 is 5.94. The Bertz CT molecular complexity index is 1370. The van der Waals surface area contributed by atoms with Crippen LogP contribution in [0.5, 0.6) is 5.75 Å². The quantitative estimate of drug-likeness (QED) is 0.264. The molecule has 188 valence electrons. The maximum absolute atomic E-state index is 13.4. The Morgan fingerprint density at radius 3 is 2.22 bits per heavy atom. The highest BCUT2D eigenvalue weighted by molar-refractivity contribution is 6.30. The van der Waals surface area contributed by atoms with Crippen LogP contribution in [0, 0.1) is 48.3 Å². The summed E-state index contributed by atoms with van der Waals surface area (Å²) in [6.07, 6.45) is 5.51. The van der Waals surface area contributed by atoms with Crippen LogP contribution >= 0.6 is 11.6 Å². The number of ether oxygens (including phenoxy) is 1. The van der Waals surface area contributed by atoms with Gasteiger partial charge in [0.05, 0.1) is 23.4 Å². The van der Waals surface area contributed by atoms with E-state index < -0.39 is 11.9 Å². The minimum Gasteiger partial charge on any atom is -0.426 e. The largest absolute Gasteiger partial charge is 0.426 e. The molecule has 0 aromatic heterocycles. The van der Waals surface area contributed by atoms with Crippen molar-refractivity contribution in [3.8, 4) is 5.75 Å². The SMILES string of the molecule is Cc1cc(OC(=O)[C@@H]2CC(=O)N(c3ccc(Cl)cc3)C2)ccc1N1C(=O)[C@@H]2[C@H]3C=C[C@@H]([C@@H]4C[C@@H]34)[C@H]2C1=O. The Hall–Kier alpha value is -3.45. The van der Waals surface area contributed by atoms with E-state index in [0.29, 0.717) is 39.5 Å². The maximum Gasteiger partial charge on any atom is 0.316 e. The molecule has 7 atom stereocenters. The first-order chi connectivity index (χ1) is 17.8. The first-order valence-corrected chi connectivity index (χ1v) is 13.1. The molecule has 2 aliphatic heterocycles. The number of hydrogen-bond acceptors (Lipinski definition) is 5. The summed E-state index contributed by atoms with van der Waals surface area (Å²) in [4.78, 5) is 55.2. The van der Waals surface area contributed by atoms with Crippen molar-refractivity contribution in [3.05, 3.63) is 65.2 Å². The number of imide groups is 1. The van der Waals surface area contributed by atoms with Crippen molar-refractivity contribution in [1.29, 1.82) is 0 Å². The smallest absolute Gasteiger partial charge is 0.316 e. The summed E-state index contributed by atoms with van der Waals surface area (Å²) in [7, 11) is 0. The fourth-order valence-corrected chi connectivity index (χ4v) is 7.20. The van der Waals surface area contributed by atoms with Gasteiger partial charge in [0, 0.05) is 23.7 Å². The van der Waals surface area contributed by atoms with Crippen molar-refractivity contribution in [2.45, 2.75) is 19.8 Å². The topological polar surface area (TPSA) is 84.0 Å². The van der Waals surface area contributed by atoms with Crippen LogP contribution in [-0.2, 0) is 19.2 Å². The van der Waals surface area contributed by atoms with E-state index in [0.717, 1.165) is 6.42 Å². The molecule has 37 heavy (non-hydrogen) atoms. The van der Waals surface area contributed by atoms with E-state index >= 15 is 0 Å². The zero-order chi connectivity index (χ0) is 25.6. The fourth-order valence-electron chi connectivity index (χ4n) is 7.07. The molecule has 2 saturated heterocycles. The minimum absolute atomic E-state index is 0.0659. The molecule has 4 fully saturated rings. The number of esters is 1. The van der Waals surface area contributed by atoms with Gasteiger partial charge in [-0.05, 0) is 85.0 Å². The van der Waals surface area contributed by atoms with Crippen LogP contribution in [0.15, 0.2) is 54.6 Å². The lowest BCUT2D eigenvalue weighted by Gasteiger charge is -2.37. The van der Waals surface area contributed by atoms with Gasteiger partial charge >= 0.3 is 5.97 Å². The molecule has 2 bridgehead atoms. The van der Waals surface area contributed by atoms with Crippen LogP contribution < -0.4 is 14.5 Å². The van der Waals surface area contributed by atoms with E-state index in [2.05, 4.69) is 12.2 Å². The number of rotatable bonds is 4. The van der Waals surface area contributed by atoms with Gasteiger partial charge in [-0.15, -0.1) is 0 Å². The number of allylic oxidation sites excluding steroid dienone is 2. The number of benzene rings is 2. The second kappa shape index (κ2) is 8.02. The molecule has 2 aromatic carbocycles. The maximum atomic E-state index is 13.4. The summed E-state index contributed by atoms with van der Waals surface area (Å²) in [6.45, 7) is 2.04. The van der Waals surface area contributed by atoms with Gasteiger partial charge in [0.15, 0.2) is 0 Å². The number of carbonyl (C=O) groups is 4. The highest BCUT2D eigenvalue weighted by Gasteiger charge is 2.67. The molecule has 8 heteroatoms. The highest BCUT2D eigenvalue weighted by Crippen LogP contribution is 2.65. The van der Waals surface area contributed by atoms with Crippen molar-refractivity contribution >= 4 is 46.7 Å². The van der Waals surface area contributed by atoms with Crippen LogP contribution in [0.3, 0.4) is 0 Å². The van der Waals surface area contributed by atoms with E-state index in [1.807, 2.05) is 0 Å². The van der Waals surface area contributed by atoms with Crippen LogP contribution in [-0.4, -0.2) is 30.2 Å². The van der Waals surface area contributed by atoms with Crippen molar-refractivity contribution in [2.75, 3.05) is 16.3 Å². The van der Waals surface area contributed by atoms with Crippen molar-refractivity contribution in [1.82, 2.24) is 0 Å². The molecule has 2 heterocycles. The molecular formula is C29H25ClN2O5. The molecule has 0 spiro atoms. The normalized spacial score (nSPS) is 33.1. The summed E-state index contributed by atoms with van der Waals surface area (Å²) in [5.41, 5.74) is 1.91. The number of amides is 3. The van der Waals surface area contributed by atoms with Gasteiger partial charge in [0.1, 0.15) is 5.75 Å². The Labute approximate surface area is 219 Å². The lowest BCUT2D eigenvalue weighted by Crippen LogP contribution is -2.40. The molecule has 0 unspecified atom stereocenters. The van der Waals surface area contributed by atoms with Gasteiger partial charge in [-0.25, -0.2) is 4.90 Å². The van der Waals surface area contributed by atoms with Crippen LogP contribution in [0.1, 0.15) is 18.4 Å².